The van der Waals surface area contributed by atoms with E-state index in [0.29, 0.717) is 17.1 Å². The van der Waals surface area contributed by atoms with Crippen molar-refractivity contribution in [2.75, 3.05) is 31.0 Å². The molecule has 0 saturated carbocycles. The lowest BCUT2D eigenvalue weighted by atomic mass is 10.2. The lowest BCUT2D eigenvalue weighted by molar-refractivity contribution is -0.121. The van der Waals surface area contributed by atoms with Gasteiger partial charge in [-0.25, -0.2) is 4.90 Å². The second kappa shape index (κ2) is 10.8. The first kappa shape index (κ1) is 24.1. The summed E-state index contributed by atoms with van der Waals surface area (Å²) in [5.74, 6) is 0.0430. The molecule has 1 heterocycles. The number of carbonyl (C=O) groups excluding carboxylic acids is 2. The molecule has 2 N–H and O–H groups in total. The van der Waals surface area contributed by atoms with Crippen molar-refractivity contribution in [1.82, 2.24) is 0 Å². The van der Waals surface area contributed by atoms with E-state index in [1.54, 1.807) is 31.4 Å². The highest BCUT2D eigenvalue weighted by atomic mass is 32.2. The Bertz CT molecular complexity index is 1090. The summed E-state index contributed by atoms with van der Waals surface area (Å²) >= 11 is 1.04. The third-order valence-corrected chi connectivity index (χ3v) is 5.91. The van der Waals surface area contributed by atoms with E-state index in [-0.39, 0.29) is 23.4 Å². The quantitative estimate of drug-likeness (QED) is 0.291. The highest BCUT2D eigenvalue weighted by Gasteiger charge is 2.40. The van der Waals surface area contributed by atoms with Gasteiger partial charge in [0.2, 0.25) is 11.8 Å². The van der Waals surface area contributed by atoms with Crippen LogP contribution in [0.15, 0.2) is 64.8 Å². The van der Waals surface area contributed by atoms with Crippen molar-refractivity contribution in [2.24, 2.45) is 15.9 Å². The van der Waals surface area contributed by atoms with E-state index in [9.17, 15) is 9.59 Å². The average molecular weight is 466 g/mol. The van der Waals surface area contributed by atoms with Crippen LogP contribution >= 0.6 is 11.8 Å². The molecule has 1 fully saturated rings. The number of methoxy groups -OCH3 is 1. The van der Waals surface area contributed by atoms with E-state index in [0.717, 1.165) is 23.0 Å². The fourth-order valence-corrected chi connectivity index (χ4v) is 3.94. The Morgan fingerprint density at radius 1 is 1.12 bits per heavy atom. The van der Waals surface area contributed by atoms with Gasteiger partial charge >= 0.3 is 0 Å². The van der Waals surface area contributed by atoms with E-state index in [1.165, 1.54) is 4.90 Å². The minimum atomic E-state index is -0.635. The topological polar surface area (TPSA) is 101 Å². The van der Waals surface area contributed by atoms with Gasteiger partial charge in [0.1, 0.15) is 11.0 Å². The number of amides is 2. The predicted octanol–water partition coefficient (Wildman–Crippen LogP) is 3.53. The molecule has 9 heteroatoms. The number of amidine groups is 1. The van der Waals surface area contributed by atoms with Gasteiger partial charge in [-0.3, -0.25) is 9.59 Å². The standard InChI is InChI=1S/C24H27N5O3S/c1-16(5-6-17-7-9-18(10-8-17)28(2)3)26-27-24(25)33-21-15-22(30)29(23(21)31)19-11-13-20(32-4)14-12-19/h5-14,21H,15H2,1-4H3,(H2,25,27)/b6-5+,26-16-/t21-/m0/s1. The predicted molar refractivity (Wildman–Crippen MR) is 136 cm³/mol. The molecule has 0 aliphatic carbocycles. The van der Waals surface area contributed by atoms with Crippen molar-refractivity contribution in [3.05, 3.63) is 60.2 Å². The van der Waals surface area contributed by atoms with Gasteiger partial charge in [0.05, 0.1) is 18.5 Å². The Kier molecular flexibility index (Phi) is 7.89. The lowest BCUT2D eigenvalue weighted by Crippen LogP contribution is -2.31. The molecular formula is C24H27N5O3S. The van der Waals surface area contributed by atoms with Crippen LogP contribution in [-0.4, -0.2) is 49.1 Å². The number of allylic oxidation sites excluding steroid dienone is 1. The van der Waals surface area contributed by atoms with Gasteiger partial charge in [-0.05, 0) is 55.0 Å². The maximum Gasteiger partial charge on any atom is 0.247 e. The molecule has 0 spiro atoms. The Balaban J connectivity index is 1.60. The molecule has 33 heavy (non-hydrogen) atoms. The van der Waals surface area contributed by atoms with E-state index < -0.39 is 5.25 Å². The van der Waals surface area contributed by atoms with Crippen molar-refractivity contribution in [2.45, 2.75) is 18.6 Å². The van der Waals surface area contributed by atoms with E-state index in [2.05, 4.69) is 10.2 Å². The monoisotopic (exact) mass is 465 g/mol. The summed E-state index contributed by atoms with van der Waals surface area (Å²) in [6.07, 6.45) is 3.82. The fraction of sp³-hybridized carbons (Fsp3) is 0.250. The van der Waals surface area contributed by atoms with Gasteiger partial charge < -0.3 is 15.4 Å². The molecule has 0 aromatic heterocycles. The second-order valence-electron chi connectivity index (χ2n) is 7.57. The maximum absolute atomic E-state index is 12.8. The molecule has 8 nitrogen and oxygen atoms in total. The molecule has 1 saturated heterocycles. The largest absolute Gasteiger partial charge is 0.497 e. The van der Waals surface area contributed by atoms with Crippen LogP contribution in [0.1, 0.15) is 18.9 Å². The molecule has 0 unspecified atom stereocenters. The van der Waals surface area contributed by atoms with Gasteiger partial charge in [-0.15, -0.1) is 5.10 Å². The first-order chi connectivity index (χ1) is 15.8. The Labute approximate surface area is 197 Å². The Hall–Kier alpha value is -3.59. The van der Waals surface area contributed by atoms with Crippen LogP contribution in [0.25, 0.3) is 6.08 Å². The third-order valence-electron chi connectivity index (χ3n) is 4.93. The summed E-state index contributed by atoms with van der Waals surface area (Å²) in [5.41, 5.74) is 9.28. The molecule has 2 aromatic carbocycles. The van der Waals surface area contributed by atoms with Crippen LogP contribution in [0, 0.1) is 0 Å². The highest BCUT2D eigenvalue weighted by Crippen LogP contribution is 2.30. The maximum atomic E-state index is 12.8. The van der Waals surface area contributed by atoms with Crippen molar-refractivity contribution in [3.8, 4) is 5.75 Å². The molecule has 172 valence electrons. The van der Waals surface area contributed by atoms with Crippen molar-refractivity contribution >= 4 is 51.9 Å². The van der Waals surface area contributed by atoms with Gasteiger partial charge in [0.25, 0.3) is 0 Å². The fourth-order valence-electron chi connectivity index (χ4n) is 3.13. The number of benzene rings is 2. The molecule has 1 aliphatic rings. The molecule has 2 aromatic rings. The molecule has 1 atom stereocenters. The number of carbonyl (C=O) groups is 2. The molecule has 3 rings (SSSR count). The lowest BCUT2D eigenvalue weighted by Gasteiger charge is -2.15. The van der Waals surface area contributed by atoms with Crippen LogP contribution in [0.2, 0.25) is 0 Å². The van der Waals surface area contributed by atoms with Crippen LogP contribution in [-0.2, 0) is 9.59 Å². The molecular weight excluding hydrogens is 438 g/mol. The molecule has 1 aliphatic heterocycles. The second-order valence-corrected chi connectivity index (χ2v) is 8.80. The SMILES string of the molecule is COc1ccc(N2C(=O)C[C@H](SC(N)=N/N=C(C)\C=C\c3ccc(N(C)C)cc3)C2=O)cc1. The molecule has 0 bridgehead atoms. The van der Waals surface area contributed by atoms with Crippen molar-refractivity contribution < 1.29 is 14.3 Å². The number of hydrogen-bond acceptors (Lipinski definition) is 7. The summed E-state index contributed by atoms with van der Waals surface area (Å²) in [6, 6.07) is 14.9. The number of imide groups is 1. The number of hydrogen-bond donors (Lipinski definition) is 1. The van der Waals surface area contributed by atoms with E-state index in [1.807, 2.05) is 62.3 Å². The number of anilines is 2. The van der Waals surface area contributed by atoms with Crippen LogP contribution < -0.4 is 20.3 Å². The third kappa shape index (κ3) is 6.23. The van der Waals surface area contributed by atoms with Gasteiger partial charge in [-0.2, -0.15) is 5.10 Å². The van der Waals surface area contributed by atoms with Crippen LogP contribution in [0.5, 0.6) is 5.75 Å². The number of thioether (sulfide) groups is 1. The Morgan fingerprint density at radius 2 is 1.79 bits per heavy atom. The van der Waals surface area contributed by atoms with Crippen molar-refractivity contribution in [1.29, 1.82) is 0 Å². The van der Waals surface area contributed by atoms with Crippen molar-refractivity contribution in [3.63, 3.8) is 0 Å². The first-order valence-corrected chi connectivity index (χ1v) is 11.2. The summed E-state index contributed by atoms with van der Waals surface area (Å²) in [6.45, 7) is 1.81. The van der Waals surface area contributed by atoms with Gasteiger partial charge in [-0.1, -0.05) is 30.0 Å². The number of rotatable bonds is 7. The molecule has 0 radical (unpaired) electrons. The normalized spacial score (nSPS) is 17.2. The number of nitrogens with two attached hydrogens (primary N) is 1. The average Bonchev–Trinajstić information content (AvgIpc) is 3.09. The highest BCUT2D eigenvalue weighted by molar-refractivity contribution is 8.14. The van der Waals surface area contributed by atoms with E-state index in [4.69, 9.17) is 10.5 Å². The summed E-state index contributed by atoms with van der Waals surface area (Å²) in [7, 11) is 5.54. The van der Waals surface area contributed by atoms with Gasteiger partial charge in [0, 0.05) is 26.2 Å². The summed E-state index contributed by atoms with van der Waals surface area (Å²) in [4.78, 5) is 28.4. The van der Waals surface area contributed by atoms with E-state index >= 15 is 0 Å². The zero-order valence-corrected chi connectivity index (χ0v) is 19.9. The first-order valence-electron chi connectivity index (χ1n) is 10.3. The smallest absolute Gasteiger partial charge is 0.247 e. The summed E-state index contributed by atoms with van der Waals surface area (Å²) < 4.78 is 5.12. The minimum Gasteiger partial charge on any atom is -0.497 e. The number of ether oxygens (including phenoxy) is 1. The number of nitrogens with zero attached hydrogens (tertiary/aromatic N) is 4. The van der Waals surface area contributed by atoms with Gasteiger partial charge in [0.15, 0.2) is 5.17 Å². The molecule has 2 amide bonds. The van der Waals surface area contributed by atoms with Crippen LogP contribution in [0.3, 0.4) is 0 Å². The zero-order valence-electron chi connectivity index (χ0n) is 19.1. The summed E-state index contributed by atoms with van der Waals surface area (Å²) in [5, 5.41) is 7.60. The van der Waals surface area contributed by atoms with Crippen LogP contribution in [0.4, 0.5) is 11.4 Å². The minimum absolute atomic E-state index is 0.0529. The zero-order chi connectivity index (χ0) is 24.0. The Morgan fingerprint density at radius 3 is 2.39 bits per heavy atom.